The molecule has 0 radical (unpaired) electrons. The van der Waals surface area contributed by atoms with Gasteiger partial charge < -0.3 is 9.16 Å². The van der Waals surface area contributed by atoms with Crippen LogP contribution < -0.4 is 0 Å². The Morgan fingerprint density at radius 2 is 1.76 bits per heavy atom. The molecule has 0 spiro atoms. The molecule has 1 aliphatic carbocycles. The SMILES string of the molecule is COC(=O)[C@@]1(C)CC=C[C@@H](O[Si](C)(C)C(C)(C)C)C1(C)C. The van der Waals surface area contributed by atoms with Gasteiger partial charge in [0, 0.05) is 5.41 Å². The van der Waals surface area contributed by atoms with E-state index in [2.05, 4.69) is 59.9 Å². The fourth-order valence-corrected chi connectivity index (χ4v) is 3.86. The van der Waals surface area contributed by atoms with Crippen LogP contribution >= 0.6 is 0 Å². The summed E-state index contributed by atoms with van der Waals surface area (Å²) >= 11 is 0. The van der Waals surface area contributed by atoms with Crippen molar-refractivity contribution >= 4 is 14.3 Å². The number of ether oxygens (including phenoxy) is 1. The first-order valence-corrected chi connectivity index (χ1v) is 10.6. The second-order valence-electron chi connectivity index (χ2n) is 8.48. The van der Waals surface area contributed by atoms with Gasteiger partial charge in [0.05, 0.1) is 18.6 Å². The number of carbonyl (C=O) groups excluding carboxylic acids is 1. The topological polar surface area (TPSA) is 35.5 Å². The second kappa shape index (κ2) is 5.54. The standard InChI is InChI=1S/C17H32O3Si/c1-15(2,3)21(8,9)20-13-11-10-12-17(6,14(18)19-7)16(13,4)5/h10-11,13H,12H2,1-9H3/t13-,17-/m1/s1. The van der Waals surface area contributed by atoms with Gasteiger partial charge in [-0.1, -0.05) is 46.8 Å². The van der Waals surface area contributed by atoms with E-state index in [1.807, 2.05) is 6.92 Å². The van der Waals surface area contributed by atoms with E-state index in [1.54, 1.807) is 0 Å². The van der Waals surface area contributed by atoms with Crippen molar-refractivity contribution in [2.75, 3.05) is 7.11 Å². The van der Waals surface area contributed by atoms with Crippen molar-refractivity contribution in [3.63, 3.8) is 0 Å². The molecule has 0 saturated carbocycles. The zero-order valence-electron chi connectivity index (χ0n) is 15.2. The smallest absolute Gasteiger partial charge is 0.312 e. The molecule has 0 fully saturated rings. The maximum Gasteiger partial charge on any atom is 0.312 e. The Morgan fingerprint density at radius 3 is 2.19 bits per heavy atom. The summed E-state index contributed by atoms with van der Waals surface area (Å²) in [6, 6.07) is 0. The minimum absolute atomic E-state index is 0.0590. The zero-order valence-corrected chi connectivity index (χ0v) is 16.2. The first-order valence-electron chi connectivity index (χ1n) is 7.72. The fourth-order valence-electron chi connectivity index (χ4n) is 2.50. The molecular weight excluding hydrogens is 280 g/mol. The Kier molecular flexibility index (Phi) is 4.87. The molecule has 2 atom stereocenters. The summed E-state index contributed by atoms with van der Waals surface area (Å²) in [5, 5.41) is 0.149. The normalized spacial score (nSPS) is 29.3. The molecule has 0 aromatic heterocycles. The molecule has 0 bridgehead atoms. The van der Waals surface area contributed by atoms with E-state index < -0.39 is 13.7 Å². The van der Waals surface area contributed by atoms with Crippen molar-refractivity contribution in [1.29, 1.82) is 0 Å². The van der Waals surface area contributed by atoms with Gasteiger partial charge in [-0.05, 0) is 31.5 Å². The summed E-state index contributed by atoms with van der Waals surface area (Å²) in [4.78, 5) is 12.3. The summed E-state index contributed by atoms with van der Waals surface area (Å²) in [6.07, 6.45) is 4.84. The van der Waals surface area contributed by atoms with Gasteiger partial charge in [-0.15, -0.1) is 0 Å². The first-order chi connectivity index (χ1) is 9.29. The number of allylic oxidation sites excluding steroid dienone is 1. The molecule has 0 unspecified atom stereocenters. The number of carbonyl (C=O) groups is 1. The fraction of sp³-hybridized carbons (Fsp3) is 0.824. The summed E-state index contributed by atoms with van der Waals surface area (Å²) < 4.78 is 11.6. The minimum Gasteiger partial charge on any atom is -0.469 e. The van der Waals surface area contributed by atoms with Crippen LogP contribution in [0.25, 0.3) is 0 Å². The van der Waals surface area contributed by atoms with Crippen molar-refractivity contribution in [1.82, 2.24) is 0 Å². The Bertz CT molecular complexity index is 432. The van der Waals surface area contributed by atoms with Crippen molar-refractivity contribution in [3.05, 3.63) is 12.2 Å². The summed E-state index contributed by atoms with van der Waals surface area (Å²) in [7, 11) is -0.428. The largest absolute Gasteiger partial charge is 0.469 e. The van der Waals surface area contributed by atoms with E-state index in [0.29, 0.717) is 6.42 Å². The highest BCUT2D eigenvalue weighted by molar-refractivity contribution is 6.74. The molecule has 1 aliphatic rings. The maximum absolute atomic E-state index is 12.3. The van der Waals surface area contributed by atoms with E-state index in [9.17, 15) is 4.79 Å². The van der Waals surface area contributed by atoms with Gasteiger partial charge in [-0.25, -0.2) is 0 Å². The molecule has 0 aromatic rings. The number of esters is 1. The van der Waals surface area contributed by atoms with E-state index in [1.165, 1.54) is 7.11 Å². The molecule has 0 aromatic carbocycles. The van der Waals surface area contributed by atoms with E-state index in [-0.39, 0.29) is 22.5 Å². The predicted molar refractivity (Wildman–Crippen MR) is 89.7 cm³/mol. The molecule has 0 aliphatic heterocycles. The Morgan fingerprint density at radius 1 is 1.24 bits per heavy atom. The highest BCUT2D eigenvalue weighted by atomic mass is 28.4. The van der Waals surface area contributed by atoms with Crippen molar-refractivity contribution in [2.24, 2.45) is 10.8 Å². The van der Waals surface area contributed by atoms with Crippen molar-refractivity contribution in [2.45, 2.75) is 72.2 Å². The van der Waals surface area contributed by atoms with Crippen LogP contribution in [0.1, 0.15) is 48.0 Å². The van der Waals surface area contributed by atoms with Crippen LogP contribution in [-0.2, 0) is 14.0 Å². The lowest BCUT2D eigenvalue weighted by Gasteiger charge is -2.51. The van der Waals surface area contributed by atoms with E-state index >= 15 is 0 Å². The third-order valence-corrected chi connectivity index (χ3v) is 10.3. The molecule has 3 nitrogen and oxygen atoms in total. The summed E-state index contributed by atoms with van der Waals surface area (Å²) in [6.45, 7) is 17.4. The van der Waals surface area contributed by atoms with Crippen LogP contribution in [0.15, 0.2) is 12.2 Å². The van der Waals surface area contributed by atoms with Crippen LogP contribution in [0.4, 0.5) is 0 Å². The van der Waals surface area contributed by atoms with Crippen molar-refractivity contribution < 1.29 is 14.0 Å². The Labute approximate surface area is 131 Å². The molecule has 21 heavy (non-hydrogen) atoms. The highest BCUT2D eigenvalue weighted by Gasteiger charge is 2.55. The molecule has 0 heterocycles. The highest BCUT2D eigenvalue weighted by Crippen LogP contribution is 2.51. The Balaban J connectivity index is 3.13. The molecule has 122 valence electrons. The number of hydrogen-bond acceptors (Lipinski definition) is 3. The summed E-state index contributed by atoms with van der Waals surface area (Å²) in [5.74, 6) is -0.152. The van der Waals surface area contributed by atoms with Crippen LogP contribution in [0.5, 0.6) is 0 Å². The van der Waals surface area contributed by atoms with Crippen LogP contribution in [0.2, 0.25) is 18.1 Å². The lowest BCUT2D eigenvalue weighted by atomic mass is 9.59. The summed E-state index contributed by atoms with van der Waals surface area (Å²) in [5.41, 5.74) is -0.853. The van der Waals surface area contributed by atoms with E-state index in [0.717, 1.165) is 0 Å². The Hall–Kier alpha value is -0.613. The van der Waals surface area contributed by atoms with Crippen LogP contribution in [0.3, 0.4) is 0 Å². The molecule has 1 rings (SSSR count). The number of methoxy groups -OCH3 is 1. The van der Waals surface area contributed by atoms with Gasteiger partial charge in [0.1, 0.15) is 0 Å². The zero-order chi connectivity index (χ0) is 16.7. The van der Waals surface area contributed by atoms with Gasteiger partial charge >= 0.3 is 5.97 Å². The van der Waals surface area contributed by atoms with Gasteiger partial charge in [-0.2, -0.15) is 0 Å². The lowest BCUT2D eigenvalue weighted by molar-refractivity contribution is -0.164. The average molecular weight is 313 g/mol. The van der Waals surface area contributed by atoms with Gasteiger partial charge in [0.2, 0.25) is 0 Å². The minimum atomic E-state index is -1.89. The van der Waals surface area contributed by atoms with Crippen molar-refractivity contribution in [3.8, 4) is 0 Å². The molecule has 4 heteroatoms. The quantitative estimate of drug-likeness (QED) is 0.436. The lowest BCUT2D eigenvalue weighted by Crippen LogP contribution is -2.55. The van der Waals surface area contributed by atoms with Gasteiger partial charge in [0.15, 0.2) is 8.32 Å². The van der Waals surface area contributed by atoms with Crippen LogP contribution in [-0.4, -0.2) is 27.5 Å². The van der Waals surface area contributed by atoms with Gasteiger partial charge in [-0.3, -0.25) is 4.79 Å². The van der Waals surface area contributed by atoms with Gasteiger partial charge in [0.25, 0.3) is 0 Å². The van der Waals surface area contributed by atoms with E-state index in [4.69, 9.17) is 9.16 Å². The predicted octanol–water partition coefficient (Wildman–Crippen LogP) is 4.54. The second-order valence-corrected chi connectivity index (χ2v) is 13.2. The monoisotopic (exact) mass is 312 g/mol. The molecular formula is C17H32O3Si. The number of rotatable bonds is 3. The molecule has 0 saturated heterocycles. The number of hydrogen-bond donors (Lipinski definition) is 0. The molecule has 0 N–H and O–H groups in total. The van der Waals surface area contributed by atoms with Crippen LogP contribution in [0, 0.1) is 10.8 Å². The average Bonchev–Trinajstić information content (AvgIpc) is 2.32. The maximum atomic E-state index is 12.3. The third-order valence-electron chi connectivity index (χ3n) is 5.83. The third kappa shape index (κ3) is 3.11. The molecule has 0 amide bonds. The first kappa shape index (κ1) is 18.4.